The van der Waals surface area contributed by atoms with Crippen LogP contribution in [0.2, 0.25) is 0 Å². The standard InChI is InChI=1S/C19H31N5O/c1-2-15-25-18(4-1)16-22-9-5-17(6-10-22)23-11-13-24(14-12-23)19-20-7-3-8-21-19/h3,7-8,17-18H,1-2,4-6,9-16H2/t18-/m1/s1. The fourth-order valence-electron chi connectivity index (χ4n) is 4.45. The van der Waals surface area contributed by atoms with Gasteiger partial charge >= 0.3 is 0 Å². The van der Waals surface area contributed by atoms with Gasteiger partial charge in [-0.3, -0.25) is 4.90 Å². The first-order valence-electron chi connectivity index (χ1n) is 9.98. The maximum absolute atomic E-state index is 5.91. The summed E-state index contributed by atoms with van der Waals surface area (Å²) in [5.41, 5.74) is 0. The summed E-state index contributed by atoms with van der Waals surface area (Å²) in [5.74, 6) is 0.879. The van der Waals surface area contributed by atoms with Crippen LogP contribution in [0, 0.1) is 0 Å². The van der Waals surface area contributed by atoms with E-state index < -0.39 is 0 Å². The lowest BCUT2D eigenvalue weighted by atomic mass is 10.0. The van der Waals surface area contributed by atoms with E-state index in [0.717, 1.165) is 51.3 Å². The van der Waals surface area contributed by atoms with Crippen LogP contribution < -0.4 is 4.90 Å². The van der Waals surface area contributed by atoms with Crippen molar-refractivity contribution in [2.24, 2.45) is 0 Å². The van der Waals surface area contributed by atoms with Gasteiger partial charge in [-0.05, 0) is 51.3 Å². The zero-order valence-corrected chi connectivity index (χ0v) is 15.2. The molecular formula is C19H31N5O. The topological polar surface area (TPSA) is 44.7 Å². The third kappa shape index (κ3) is 4.49. The lowest BCUT2D eigenvalue weighted by Crippen LogP contribution is -2.54. The second kappa shape index (κ2) is 8.43. The number of hydrogen-bond donors (Lipinski definition) is 0. The molecule has 0 aliphatic carbocycles. The number of piperazine rings is 1. The van der Waals surface area contributed by atoms with Crippen molar-refractivity contribution < 1.29 is 4.74 Å². The molecule has 3 aliphatic rings. The molecular weight excluding hydrogens is 314 g/mol. The van der Waals surface area contributed by atoms with E-state index in [0.29, 0.717) is 6.10 Å². The van der Waals surface area contributed by atoms with Gasteiger partial charge in [-0.15, -0.1) is 0 Å². The molecule has 0 radical (unpaired) electrons. The van der Waals surface area contributed by atoms with Gasteiger partial charge in [0.1, 0.15) is 0 Å². The van der Waals surface area contributed by atoms with Crippen LogP contribution in [0.3, 0.4) is 0 Å². The summed E-state index contributed by atoms with van der Waals surface area (Å²) in [6, 6.07) is 2.63. The number of hydrogen-bond acceptors (Lipinski definition) is 6. The minimum atomic E-state index is 0.486. The Hall–Kier alpha value is -1.24. The highest BCUT2D eigenvalue weighted by Crippen LogP contribution is 2.21. The van der Waals surface area contributed by atoms with Crippen LogP contribution in [-0.4, -0.2) is 84.3 Å². The van der Waals surface area contributed by atoms with Crippen molar-refractivity contribution >= 4 is 5.95 Å². The van der Waals surface area contributed by atoms with E-state index in [9.17, 15) is 0 Å². The Kier molecular flexibility index (Phi) is 5.79. The molecule has 138 valence electrons. The normalized spacial score (nSPS) is 27.5. The highest BCUT2D eigenvalue weighted by atomic mass is 16.5. The zero-order chi connectivity index (χ0) is 16.9. The molecule has 0 amide bonds. The maximum Gasteiger partial charge on any atom is 0.225 e. The van der Waals surface area contributed by atoms with Crippen molar-refractivity contribution in [1.29, 1.82) is 0 Å². The number of ether oxygens (including phenoxy) is 1. The van der Waals surface area contributed by atoms with Gasteiger partial charge in [-0.1, -0.05) is 0 Å². The molecule has 6 heteroatoms. The third-order valence-electron chi connectivity index (χ3n) is 5.96. The van der Waals surface area contributed by atoms with E-state index in [1.165, 1.54) is 45.2 Å². The molecule has 0 unspecified atom stereocenters. The molecule has 4 rings (SSSR count). The Bertz CT molecular complexity index is 506. The summed E-state index contributed by atoms with van der Waals surface area (Å²) in [7, 11) is 0. The first-order chi connectivity index (χ1) is 12.4. The van der Waals surface area contributed by atoms with Gasteiger partial charge in [0.15, 0.2) is 0 Å². The molecule has 6 nitrogen and oxygen atoms in total. The molecule has 25 heavy (non-hydrogen) atoms. The van der Waals surface area contributed by atoms with E-state index in [2.05, 4.69) is 24.7 Å². The lowest BCUT2D eigenvalue weighted by molar-refractivity contribution is -0.0141. The Morgan fingerprint density at radius 3 is 2.36 bits per heavy atom. The molecule has 0 spiro atoms. The average Bonchev–Trinajstić information content (AvgIpc) is 2.70. The predicted octanol–water partition coefficient (Wildman–Crippen LogP) is 1.63. The van der Waals surface area contributed by atoms with E-state index in [4.69, 9.17) is 4.74 Å². The minimum Gasteiger partial charge on any atom is -0.377 e. The Morgan fingerprint density at radius 2 is 1.68 bits per heavy atom. The predicted molar refractivity (Wildman–Crippen MR) is 98.9 cm³/mol. The molecule has 3 fully saturated rings. The molecule has 1 aromatic rings. The Labute approximate surface area is 151 Å². The van der Waals surface area contributed by atoms with Crippen LogP contribution in [0.5, 0.6) is 0 Å². The van der Waals surface area contributed by atoms with Crippen molar-refractivity contribution in [2.75, 3.05) is 57.3 Å². The van der Waals surface area contributed by atoms with Gasteiger partial charge in [-0.2, -0.15) is 0 Å². The molecule has 0 bridgehead atoms. The molecule has 3 saturated heterocycles. The average molecular weight is 345 g/mol. The SMILES string of the molecule is c1cnc(N2CCN(C3CCN(C[C@H]4CCCCO4)CC3)CC2)nc1. The van der Waals surface area contributed by atoms with E-state index >= 15 is 0 Å². The smallest absolute Gasteiger partial charge is 0.225 e. The number of piperidine rings is 1. The molecule has 1 atom stereocenters. The molecule has 0 saturated carbocycles. The van der Waals surface area contributed by atoms with Crippen LogP contribution in [0.25, 0.3) is 0 Å². The molecule has 1 aromatic heterocycles. The third-order valence-corrected chi connectivity index (χ3v) is 5.96. The zero-order valence-electron chi connectivity index (χ0n) is 15.2. The number of rotatable bonds is 4. The maximum atomic E-state index is 5.91. The summed E-state index contributed by atoms with van der Waals surface area (Å²) in [4.78, 5) is 16.4. The van der Waals surface area contributed by atoms with Crippen molar-refractivity contribution in [3.8, 4) is 0 Å². The summed E-state index contributed by atoms with van der Waals surface area (Å²) in [6.45, 7) is 8.92. The van der Waals surface area contributed by atoms with Gasteiger partial charge in [0, 0.05) is 57.8 Å². The van der Waals surface area contributed by atoms with Crippen molar-refractivity contribution in [3.05, 3.63) is 18.5 Å². The van der Waals surface area contributed by atoms with Gasteiger partial charge in [-0.25, -0.2) is 9.97 Å². The number of anilines is 1. The number of likely N-dealkylation sites (tertiary alicyclic amines) is 1. The Balaban J connectivity index is 1.20. The van der Waals surface area contributed by atoms with Gasteiger partial charge in [0.2, 0.25) is 5.95 Å². The van der Waals surface area contributed by atoms with Crippen LogP contribution in [0.15, 0.2) is 18.5 Å². The van der Waals surface area contributed by atoms with Crippen LogP contribution in [0.1, 0.15) is 32.1 Å². The fraction of sp³-hybridized carbons (Fsp3) is 0.789. The lowest BCUT2D eigenvalue weighted by Gasteiger charge is -2.43. The second-order valence-corrected chi connectivity index (χ2v) is 7.59. The number of aromatic nitrogens is 2. The van der Waals surface area contributed by atoms with Crippen LogP contribution in [-0.2, 0) is 4.74 Å². The quantitative estimate of drug-likeness (QED) is 0.826. The first-order valence-corrected chi connectivity index (χ1v) is 9.98. The summed E-state index contributed by atoms with van der Waals surface area (Å²) in [6.07, 6.45) is 10.6. The second-order valence-electron chi connectivity index (χ2n) is 7.59. The summed E-state index contributed by atoms with van der Waals surface area (Å²) in [5, 5.41) is 0. The van der Waals surface area contributed by atoms with Crippen molar-refractivity contribution in [1.82, 2.24) is 19.8 Å². The highest BCUT2D eigenvalue weighted by molar-refractivity contribution is 5.29. The van der Waals surface area contributed by atoms with E-state index in [1.807, 2.05) is 18.5 Å². The molecule has 4 heterocycles. The largest absolute Gasteiger partial charge is 0.377 e. The van der Waals surface area contributed by atoms with Gasteiger partial charge in [0.25, 0.3) is 0 Å². The molecule has 3 aliphatic heterocycles. The summed E-state index contributed by atoms with van der Waals surface area (Å²) >= 11 is 0. The Morgan fingerprint density at radius 1 is 0.920 bits per heavy atom. The first kappa shape index (κ1) is 17.2. The van der Waals surface area contributed by atoms with Gasteiger partial charge < -0.3 is 14.5 Å². The van der Waals surface area contributed by atoms with E-state index in [-0.39, 0.29) is 0 Å². The highest BCUT2D eigenvalue weighted by Gasteiger charge is 2.29. The summed E-state index contributed by atoms with van der Waals surface area (Å²) < 4.78 is 5.91. The van der Waals surface area contributed by atoms with Crippen molar-refractivity contribution in [2.45, 2.75) is 44.2 Å². The van der Waals surface area contributed by atoms with Crippen molar-refractivity contribution in [3.63, 3.8) is 0 Å². The number of nitrogens with zero attached hydrogens (tertiary/aromatic N) is 5. The van der Waals surface area contributed by atoms with Crippen LogP contribution >= 0.6 is 0 Å². The monoisotopic (exact) mass is 345 g/mol. The molecule has 0 aromatic carbocycles. The van der Waals surface area contributed by atoms with E-state index in [1.54, 1.807) is 0 Å². The van der Waals surface area contributed by atoms with Gasteiger partial charge in [0.05, 0.1) is 6.10 Å². The fourth-order valence-corrected chi connectivity index (χ4v) is 4.45. The molecule has 0 N–H and O–H groups in total. The van der Waals surface area contributed by atoms with Crippen LogP contribution in [0.4, 0.5) is 5.95 Å². The minimum absolute atomic E-state index is 0.486.